The Hall–Kier alpha value is 0.400. The number of carbonyl (C=O) groups excluding carboxylic acids is 1. The van der Waals surface area contributed by atoms with Crippen molar-refractivity contribution in [3.8, 4) is 0 Å². The van der Waals surface area contributed by atoms with Crippen LogP contribution in [0, 0.1) is 5.92 Å². The van der Waals surface area contributed by atoms with E-state index in [2.05, 4.69) is 22.6 Å². The van der Waals surface area contributed by atoms with Crippen LogP contribution in [-0.2, 0) is 4.79 Å². The maximum atomic E-state index is 10.1. The van der Waals surface area contributed by atoms with Crippen LogP contribution in [0.2, 0.25) is 0 Å². The minimum atomic E-state index is 0.386. The molecule has 0 heterocycles. The molecular formula is C6H9IO. The van der Waals surface area contributed by atoms with Gasteiger partial charge in [-0.3, -0.25) is 0 Å². The summed E-state index contributed by atoms with van der Waals surface area (Å²) in [6, 6.07) is 0. The second kappa shape index (κ2) is 2.80. The summed E-state index contributed by atoms with van der Waals surface area (Å²) in [6.07, 6.45) is 4.57. The molecule has 0 bridgehead atoms. The number of aldehydes is 1. The van der Waals surface area contributed by atoms with E-state index in [9.17, 15) is 4.79 Å². The number of hydrogen-bond acceptors (Lipinski definition) is 1. The summed E-state index contributed by atoms with van der Waals surface area (Å²) in [6.45, 7) is 0. The summed E-state index contributed by atoms with van der Waals surface area (Å²) in [5.74, 6) is 0.386. The molecule has 8 heavy (non-hydrogen) atoms. The normalized spacial score (nSPS) is 37.6. The molecule has 0 unspecified atom stereocenters. The first-order chi connectivity index (χ1) is 3.83. The molecule has 1 aliphatic rings. The van der Waals surface area contributed by atoms with E-state index in [-0.39, 0.29) is 0 Å². The van der Waals surface area contributed by atoms with Gasteiger partial charge in [0, 0.05) is 9.84 Å². The predicted molar refractivity (Wildman–Crippen MR) is 41.2 cm³/mol. The summed E-state index contributed by atoms with van der Waals surface area (Å²) in [5, 5.41) is 0. The Bertz CT molecular complexity index is 92.5. The highest BCUT2D eigenvalue weighted by Crippen LogP contribution is 2.29. The fourth-order valence-electron chi connectivity index (χ4n) is 1.08. The highest BCUT2D eigenvalue weighted by Gasteiger charge is 2.20. The van der Waals surface area contributed by atoms with Crippen molar-refractivity contribution in [1.29, 1.82) is 0 Å². The molecule has 0 aromatic carbocycles. The second-order valence-corrected chi connectivity index (χ2v) is 4.07. The van der Waals surface area contributed by atoms with Crippen molar-refractivity contribution < 1.29 is 4.79 Å². The van der Waals surface area contributed by atoms with Gasteiger partial charge in [-0.2, -0.15) is 0 Å². The Morgan fingerprint density at radius 2 is 2.25 bits per heavy atom. The Morgan fingerprint density at radius 1 is 1.50 bits per heavy atom. The molecule has 0 amide bonds. The van der Waals surface area contributed by atoms with Gasteiger partial charge in [0.15, 0.2) is 0 Å². The molecule has 0 N–H and O–H groups in total. The van der Waals surface area contributed by atoms with Gasteiger partial charge in [0.25, 0.3) is 0 Å². The van der Waals surface area contributed by atoms with E-state index in [1.54, 1.807) is 0 Å². The first-order valence-corrected chi connectivity index (χ1v) is 4.17. The van der Waals surface area contributed by atoms with E-state index >= 15 is 0 Å². The van der Waals surface area contributed by atoms with Crippen molar-refractivity contribution >= 4 is 28.9 Å². The van der Waals surface area contributed by atoms with E-state index in [0.29, 0.717) is 5.92 Å². The zero-order valence-corrected chi connectivity index (χ0v) is 6.80. The van der Waals surface area contributed by atoms with E-state index in [1.807, 2.05) is 0 Å². The molecule has 1 aliphatic carbocycles. The Labute approximate surface area is 63.0 Å². The Balaban J connectivity index is 2.32. The van der Waals surface area contributed by atoms with E-state index < -0.39 is 0 Å². The molecular weight excluding hydrogens is 215 g/mol. The maximum absolute atomic E-state index is 10.1. The summed E-state index contributed by atoms with van der Waals surface area (Å²) in [5.41, 5.74) is 0. The van der Waals surface area contributed by atoms with E-state index in [1.165, 1.54) is 6.42 Å². The fraction of sp³-hybridized carbons (Fsp3) is 0.833. The van der Waals surface area contributed by atoms with Crippen molar-refractivity contribution in [3.63, 3.8) is 0 Å². The van der Waals surface area contributed by atoms with Gasteiger partial charge in [0.2, 0.25) is 0 Å². The van der Waals surface area contributed by atoms with Crippen LogP contribution in [0.15, 0.2) is 0 Å². The van der Waals surface area contributed by atoms with Gasteiger partial charge in [-0.05, 0) is 19.3 Å². The first kappa shape index (κ1) is 6.52. The molecule has 1 nitrogen and oxygen atoms in total. The smallest absolute Gasteiger partial charge is 0.123 e. The summed E-state index contributed by atoms with van der Waals surface area (Å²) >= 11 is 2.41. The summed E-state index contributed by atoms with van der Waals surface area (Å²) < 4.78 is 0.766. The average Bonchev–Trinajstić information content (AvgIpc) is 2.14. The first-order valence-electron chi connectivity index (χ1n) is 2.92. The quantitative estimate of drug-likeness (QED) is 0.377. The zero-order chi connectivity index (χ0) is 5.98. The molecule has 2 atom stereocenters. The lowest BCUT2D eigenvalue weighted by molar-refractivity contribution is -0.110. The van der Waals surface area contributed by atoms with Gasteiger partial charge >= 0.3 is 0 Å². The third-order valence-electron chi connectivity index (χ3n) is 1.60. The number of hydrogen-bond donors (Lipinski definition) is 0. The SMILES string of the molecule is O=C[C@H]1CC[C@H](I)C1. The van der Waals surface area contributed by atoms with Gasteiger partial charge < -0.3 is 4.79 Å². The van der Waals surface area contributed by atoms with Crippen molar-refractivity contribution in [2.45, 2.75) is 23.2 Å². The largest absolute Gasteiger partial charge is 0.303 e. The lowest BCUT2D eigenvalue weighted by Gasteiger charge is -1.94. The molecule has 1 saturated carbocycles. The minimum absolute atomic E-state index is 0.386. The Morgan fingerprint density at radius 3 is 2.50 bits per heavy atom. The van der Waals surface area contributed by atoms with Crippen LogP contribution >= 0.6 is 22.6 Å². The molecule has 0 aromatic rings. The van der Waals surface area contributed by atoms with Crippen LogP contribution in [0.4, 0.5) is 0 Å². The second-order valence-electron chi connectivity index (χ2n) is 2.31. The standard InChI is InChI=1S/C6H9IO/c7-6-2-1-5(3-6)4-8/h4-6H,1-3H2/t5-,6-/m0/s1. The molecule has 1 fully saturated rings. The Kier molecular flexibility index (Phi) is 2.28. The number of rotatable bonds is 1. The minimum Gasteiger partial charge on any atom is -0.303 e. The molecule has 0 saturated heterocycles. The molecule has 0 radical (unpaired) electrons. The van der Waals surface area contributed by atoms with Crippen molar-refractivity contribution in [3.05, 3.63) is 0 Å². The van der Waals surface area contributed by atoms with Crippen molar-refractivity contribution in [2.75, 3.05) is 0 Å². The monoisotopic (exact) mass is 224 g/mol. The third-order valence-corrected chi connectivity index (χ3v) is 2.73. The number of carbonyl (C=O) groups is 1. The summed E-state index contributed by atoms with van der Waals surface area (Å²) in [4.78, 5) is 10.1. The lowest BCUT2D eigenvalue weighted by Crippen LogP contribution is -1.94. The van der Waals surface area contributed by atoms with Gasteiger partial charge in [-0.25, -0.2) is 0 Å². The molecule has 0 aliphatic heterocycles. The van der Waals surface area contributed by atoms with Gasteiger partial charge in [0.1, 0.15) is 6.29 Å². The van der Waals surface area contributed by atoms with Gasteiger partial charge in [-0.1, -0.05) is 22.6 Å². The van der Waals surface area contributed by atoms with Crippen LogP contribution in [-0.4, -0.2) is 10.2 Å². The van der Waals surface area contributed by atoms with Crippen molar-refractivity contribution in [1.82, 2.24) is 0 Å². The molecule has 2 heteroatoms. The maximum Gasteiger partial charge on any atom is 0.123 e. The highest BCUT2D eigenvalue weighted by atomic mass is 127. The fourth-order valence-corrected chi connectivity index (χ4v) is 2.10. The van der Waals surface area contributed by atoms with Crippen LogP contribution in [0.1, 0.15) is 19.3 Å². The third kappa shape index (κ3) is 1.44. The predicted octanol–water partition coefficient (Wildman–Crippen LogP) is 1.79. The molecule has 1 rings (SSSR count). The topological polar surface area (TPSA) is 17.1 Å². The summed E-state index contributed by atoms with van der Waals surface area (Å²) in [7, 11) is 0. The highest BCUT2D eigenvalue weighted by molar-refractivity contribution is 14.1. The van der Waals surface area contributed by atoms with Crippen LogP contribution in [0.25, 0.3) is 0 Å². The average molecular weight is 224 g/mol. The molecule has 0 spiro atoms. The van der Waals surface area contributed by atoms with Gasteiger partial charge in [0.05, 0.1) is 0 Å². The van der Waals surface area contributed by atoms with E-state index in [0.717, 1.165) is 23.1 Å². The number of alkyl halides is 1. The van der Waals surface area contributed by atoms with Gasteiger partial charge in [-0.15, -0.1) is 0 Å². The van der Waals surface area contributed by atoms with Crippen LogP contribution < -0.4 is 0 Å². The van der Waals surface area contributed by atoms with Crippen LogP contribution in [0.3, 0.4) is 0 Å². The van der Waals surface area contributed by atoms with Crippen LogP contribution in [0.5, 0.6) is 0 Å². The zero-order valence-electron chi connectivity index (χ0n) is 4.64. The lowest BCUT2D eigenvalue weighted by atomic mass is 10.1. The van der Waals surface area contributed by atoms with Crippen molar-refractivity contribution in [2.24, 2.45) is 5.92 Å². The molecule has 46 valence electrons. The number of halogens is 1. The van der Waals surface area contributed by atoms with E-state index in [4.69, 9.17) is 0 Å². The molecule has 0 aromatic heterocycles.